The average molecular weight is 367 g/mol. The van der Waals surface area contributed by atoms with Crippen LogP contribution in [0.25, 0.3) is 11.3 Å². The largest absolute Gasteiger partial charge is 0.482 e. The van der Waals surface area contributed by atoms with Gasteiger partial charge in [0.05, 0.1) is 16.9 Å². The number of hydrogen-bond acceptors (Lipinski definition) is 5. The predicted molar refractivity (Wildman–Crippen MR) is 107 cm³/mol. The maximum Gasteiger partial charge on any atom is 0.262 e. The molecule has 0 spiro atoms. The van der Waals surface area contributed by atoms with Gasteiger partial charge in [0.15, 0.2) is 6.61 Å². The highest BCUT2D eigenvalue weighted by molar-refractivity contribution is 7.07. The SMILES string of the molecule is CC(C)c1ccccc1NC(=O)COc1ccc(-c2cscn2)cc1N. The Kier molecular flexibility index (Phi) is 5.53. The van der Waals surface area contributed by atoms with E-state index < -0.39 is 0 Å². The van der Waals surface area contributed by atoms with Gasteiger partial charge in [-0.25, -0.2) is 4.98 Å². The van der Waals surface area contributed by atoms with Gasteiger partial charge < -0.3 is 15.8 Å². The fourth-order valence-electron chi connectivity index (χ4n) is 2.64. The smallest absolute Gasteiger partial charge is 0.262 e. The lowest BCUT2D eigenvalue weighted by Crippen LogP contribution is -2.21. The Morgan fingerprint density at radius 1 is 1.27 bits per heavy atom. The number of benzene rings is 2. The zero-order valence-electron chi connectivity index (χ0n) is 14.7. The van der Waals surface area contributed by atoms with Gasteiger partial charge in [0.1, 0.15) is 5.75 Å². The Morgan fingerprint density at radius 2 is 2.08 bits per heavy atom. The van der Waals surface area contributed by atoms with Crippen LogP contribution in [-0.2, 0) is 4.79 Å². The first-order chi connectivity index (χ1) is 12.5. The van der Waals surface area contributed by atoms with Crippen molar-refractivity contribution >= 4 is 28.6 Å². The summed E-state index contributed by atoms with van der Waals surface area (Å²) in [4.78, 5) is 16.5. The lowest BCUT2D eigenvalue weighted by molar-refractivity contribution is -0.118. The lowest BCUT2D eigenvalue weighted by atomic mass is 10.0. The number of aromatic nitrogens is 1. The van der Waals surface area contributed by atoms with Crippen molar-refractivity contribution in [3.8, 4) is 17.0 Å². The Bertz CT molecular complexity index is 892. The number of nitrogens with zero attached hydrogens (tertiary/aromatic N) is 1. The van der Waals surface area contributed by atoms with E-state index in [1.807, 2.05) is 35.7 Å². The van der Waals surface area contributed by atoms with Crippen LogP contribution in [0, 0.1) is 0 Å². The number of nitrogens with one attached hydrogen (secondary N) is 1. The van der Waals surface area contributed by atoms with Crippen LogP contribution < -0.4 is 15.8 Å². The number of nitrogens with two attached hydrogens (primary N) is 1. The summed E-state index contributed by atoms with van der Waals surface area (Å²) in [5, 5.41) is 4.86. The van der Waals surface area contributed by atoms with Crippen molar-refractivity contribution in [2.75, 3.05) is 17.7 Å². The summed E-state index contributed by atoms with van der Waals surface area (Å²) in [5.41, 5.74) is 12.0. The molecule has 0 aliphatic carbocycles. The monoisotopic (exact) mass is 367 g/mol. The molecule has 26 heavy (non-hydrogen) atoms. The molecule has 0 bridgehead atoms. The molecular weight excluding hydrogens is 346 g/mol. The molecule has 3 aromatic rings. The number of rotatable bonds is 6. The van der Waals surface area contributed by atoms with Crippen molar-refractivity contribution < 1.29 is 9.53 Å². The molecule has 134 valence electrons. The molecule has 3 rings (SSSR count). The highest BCUT2D eigenvalue weighted by Crippen LogP contribution is 2.28. The van der Waals surface area contributed by atoms with Crippen LogP contribution in [0.2, 0.25) is 0 Å². The highest BCUT2D eigenvalue weighted by Gasteiger charge is 2.11. The molecule has 0 unspecified atom stereocenters. The van der Waals surface area contributed by atoms with Gasteiger partial charge in [-0.2, -0.15) is 0 Å². The Labute approximate surface area is 156 Å². The van der Waals surface area contributed by atoms with E-state index >= 15 is 0 Å². The predicted octanol–water partition coefficient (Wildman–Crippen LogP) is 4.53. The molecule has 1 aromatic heterocycles. The Balaban J connectivity index is 1.63. The van der Waals surface area contributed by atoms with Crippen LogP contribution in [0.15, 0.2) is 53.4 Å². The van der Waals surface area contributed by atoms with Crippen molar-refractivity contribution in [3.63, 3.8) is 0 Å². The van der Waals surface area contributed by atoms with E-state index in [4.69, 9.17) is 10.5 Å². The van der Waals surface area contributed by atoms with Crippen molar-refractivity contribution in [1.82, 2.24) is 4.98 Å². The third-order valence-electron chi connectivity index (χ3n) is 3.95. The molecule has 3 N–H and O–H groups in total. The van der Waals surface area contributed by atoms with E-state index in [-0.39, 0.29) is 12.5 Å². The number of amides is 1. The van der Waals surface area contributed by atoms with Crippen LogP contribution in [0.5, 0.6) is 5.75 Å². The summed E-state index contributed by atoms with van der Waals surface area (Å²) in [7, 11) is 0. The molecule has 0 saturated carbocycles. The first kappa shape index (κ1) is 17.9. The van der Waals surface area contributed by atoms with E-state index in [0.717, 1.165) is 22.5 Å². The molecular formula is C20H21N3O2S. The van der Waals surface area contributed by atoms with Gasteiger partial charge >= 0.3 is 0 Å². The lowest BCUT2D eigenvalue weighted by Gasteiger charge is -2.14. The number of carbonyl (C=O) groups excluding carboxylic acids is 1. The summed E-state index contributed by atoms with van der Waals surface area (Å²) in [6.07, 6.45) is 0. The second-order valence-electron chi connectivity index (χ2n) is 6.21. The van der Waals surface area contributed by atoms with Crippen molar-refractivity contribution in [3.05, 3.63) is 58.9 Å². The number of nitrogen functional groups attached to an aromatic ring is 1. The minimum Gasteiger partial charge on any atom is -0.482 e. The van der Waals surface area contributed by atoms with Crippen LogP contribution in [0.3, 0.4) is 0 Å². The zero-order valence-corrected chi connectivity index (χ0v) is 15.5. The number of ether oxygens (including phenoxy) is 1. The van der Waals surface area contributed by atoms with E-state index in [2.05, 4.69) is 24.1 Å². The fourth-order valence-corrected chi connectivity index (χ4v) is 3.20. The van der Waals surface area contributed by atoms with Crippen LogP contribution in [0.4, 0.5) is 11.4 Å². The first-order valence-corrected chi connectivity index (χ1v) is 9.28. The third-order valence-corrected chi connectivity index (χ3v) is 4.54. The molecule has 6 heteroatoms. The average Bonchev–Trinajstić information content (AvgIpc) is 3.15. The number of thiazole rings is 1. The van der Waals surface area contributed by atoms with E-state index in [1.54, 1.807) is 17.6 Å². The maximum absolute atomic E-state index is 12.2. The standard InChI is InChI=1S/C20H21N3O2S/c1-13(2)15-5-3-4-6-17(15)23-20(24)10-25-19-8-7-14(9-16(19)21)18-11-26-12-22-18/h3-9,11-13H,10,21H2,1-2H3,(H,23,24). The summed E-state index contributed by atoms with van der Waals surface area (Å²) in [6, 6.07) is 13.2. The van der Waals surface area contributed by atoms with Gasteiger partial charge in [-0.05, 0) is 35.7 Å². The zero-order chi connectivity index (χ0) is 18.5. The van der Waals surface area contributed by atoms with Crippen LogP contribution in [0.1, 0.15) is 25.3 Å². The van der Waals surface area contributed by atoms with Gasteiger partial charge in [-0.3, -0.25) is 4.79 Å². The van der Waals surface area contributed by atoms with E-state index in [0.29, 0.717) is 17.4 Å². The molecule has 2 aromatic carbocycles. The number of para-hydroxylation sites is 1. The van der Waals surface area contributed by atoms with Gasteiger partial charge in [0, 0.05) is 16.6 Å². The van der Waals surface area contributed by atoms with Gasteiger partial charge in [0.2, 0.25) is 0 Å². The molecule has 0 saturated heterocycles. The topological polar surface area (TPSA) is 77.2 Å². The molecule has 1 amide bonds. The molecule has 0 fully saturated rings. The molecule has 0 radical (unpaired) electrons. The summed E-state index contributed by atoms with van der Waals surface area (Å²) in [5.74, 6) is 0.582. The molecule has 5 nitrogen and oxygen atoms in total. The number of anilines is 2. The maximum atomic E-state index is 12.2. The number of hydrogen-bond donors (Lipinski definition) is 2. The normalized spacial score (nSPS) is 10.7. The Morgan fingerprint density at radius 3 is 2.77 bits per heavy atom. The highest BCUT2D eigenvalue weighted by atomic mass is 32.1. The Hall–Kier alpha value is -2.86. The fraction of sp³-hybridized carbons (Fsp3) is 0.200. The van der Waals surface area contributed by atoms with Crippen molar-refractivity contribution in [2.45, 2.75) is 19.8 Å². The second kappa shape index (κ2) is 8.01. The minimum atomic E-state index is -0.221. The third kappa shape index (κ3) is 4.21. The quantitative estimate of drug-likeness (QED) is 0.627. The van der Waals surface area contributed by atoms with E-state index in [1.165, 1.54) is 11.3 Å². The van der Waals surface area contributed by atoms with Gasteiger partial charge in [-0.15, -0.1) is 11.3 Å². The van der Waals surface area contributed by atoms with Crippen molar-refractivity contribution in [1.29, 1.82) is 0 Å². The van der Waals surface area contributed by atoms with Gasteiger partial charge in [-0.1, -0.05) is 32.0 Å². The molecule has 0 aliphatic heterocycles. The summed E-state index contributed by atoms with van der Waals surface area (Å²) in [6.45, 7) is 4.07. The van der Waals surface area contributed by atoms with E-state index in [9.17, 15) is 4.79 Å². The van der Waals surface area contributed by atoms with Crippen LogP contribution >= 0.6 is 11.3 Å². The number of carbonyl (C=O) groups is 1. The minimum absolute atomic E-state index is 0.104. The van der Waals surface area contributed by atoms with Crippen molar-refractivity contribution in [2.24, 2.45) is 0 Å². The molecule has 0 aliphatic rings. The van der Waals surface area contributed by atoms with Crippen LogP contribution in [-0.4, -0.2) is 17.5 Å². The second-order valence-corrected chi connectivity index (χ2v) is 6.92. The molecule has 1 heterocycles. The summed E-state index contributed by atoms with van der Waals surface area (Å²) >= 11 is 1.53. The van der Waals surface area contributed by atoms with Gasteiger partial charge in [0.25, 0.3) is 5.91 Å². The molecule has 0 atom stereocenters. The first-order valence-electron chi connectivity index (χ1n) is 8.34. The summed E-state index contributed by atoms with van der Waals surface area (Å²) < 4.78 is 5.59.